The summed E-state index contributed by atoms with van der Waals surface area (Å²) < 4.78 is 10.3. The molecule has 4 nitrogen and oxygen atoms in total. The van der Waals surface area contributed by atoms with Gasteiger partial charge in [0.05, 0.1) is 19.8 Å². The first-order valence-corrected chi connectivity index (χ1v) is 8.25. The zero-order valence-corrected chi connectivity index (χ0v) is 14.2. The van der Waals surface area contributed by atoms with E-state index in [1.165, 1.54) is 0 Å². The summed E-state index contributed by atoms with van der Waals surface area (Å²) in [6.07, 6.45) is 2.03. The molecule has 1 amide bonds. The highest BCUT2D eigenvalue weighted by atomic mass is 16.5. The van der Waals surface area contributed by atoms with Gasteiger partial charge in [-0.3, -0.25) is 4.79 Å². The van der Waals surface area contributed by atoms with Crippen LogP contribution in [0.25, 0.3) is 0 Å². The first kappa shape index (κ1) is 16.5. The summed E-state index contributed by atoms with van der Waals surface area (Å²) in [6.45, 7) is 1.36. The zero-order valence-electron chi connectivity index (χ0n) is 14.2. The molecule has 3 rings (SSSR count). The zero-order chi connectivity index (χ0) is 16.9. The maximum absolute atomic E-state index is 12.9. The number of methoxy groups -OCH3 is 2. The molecule has 1 atom stereocenters. The third-order valence-electron chi connectivity index (χ3n) is 4.53. The smallest absolute Gasteiger partial charge is 0.254 e. The van der Waals surface area contributed by atoms with Gasteiger partial charge in [0.2, 0.25) is 0 Å². The van der Waals surface area contributed by atoms with E-state index in [2.05, 4.69) is 12.1 Å². The maximum atomic E-state index is 12.9. The predicted molar refractivity (Wildman–Crippen MR) is 93.2 cm³/mol. The number of carbonyl (C=O) groups excluding carboxylic acids is 1. The number of hydrogen-bond acceptors (Lipinski definition) is 3. The Hall–Kier alpha value is -2.33. The Labute approximate surface area is 143 Å². The third-order valence-corrected chi connectivity index (χ3v) is 4.53. The van der Waals surface area contributed by atoms with E-state index in [-0.39, 0.29) is 11.9 Å². The molecule has 1 aliphatic rings. The molecule has 1 saturated heterocycles. The quantitative estimate of drug-likeness (QED) is 0.839. The molecular formula is C20H23NO3. The summed E-state index contributed by atoms with van der Waals surface area (Å²) in [6, 6.07) is 15.8. The number of nitrogens with zero attached hydrogens (tertiary/aromatic N) is 1. The molecule has 0 radical (unpaired) electrons. The molecule has 2 aromatic carbocycles. The molecule has 0 aromatic heterocycles. The van der Waals surface area contributed by atoms with E-state index in [1.54, 1.807) is 14.2 Å². The Morgan fingerprint density at radius 3 is 2.42 bits per heavy atom. The number of ether oxygens (including phenoxy) is 2. The van der Waals surface area contributed by atoms with Crippen LogP contribution in [-0.4, -0.2) is 31.6 Å². The highest BCUT2D eigenvalue weighted by molar-refractivity contribution is 5.94. The maximum Gasteiger partial charge on any atom is 0.254 e. The van der Waals surface area contributed by atoms with E-state index in [1.807, 2.05) is 41.3 Å². The van der Waals surface area contributed by atoms with Crippen molar-refractivity contribution < 1.29 is 14.3 Å². The fraction of sp³-hybridized carbons (Fsp3) is 0.350. The van der Waals surface area contributed by atoms with Crippen molar-refractivity contribution in [3.63, 3.8) is 0 Å². The number of rotatable bonds is 5. The monoisotopic (exact) mass is 325 g/mol. The highest BCUT2D eigenvalue weighted by Crippen LogP contribution is 2.33. The summed E-state index contributed by atoms with van der Waals surface area (Å²) in [4.78, 5) is 14.9. The summed E-state index contributed by atoms with van der Waals surface area (Å²) in [7, 11) is 3.33. The van der Waals surface area contributed by atoms with Gasteiger partial charge in [-0.1, -0.05) is 24.3 Å². The second-order valence-electron chi connectivity index (χ2n) is 6.06. The summed E-state index contributed by atoms with van der Waals surface area (Å²) in [5.41, 5.74) is 2.97. The lowest BCUT2D eigenvalue weighted by Crippen LogP contribution is -2.30. The molecule has 1 heterocycles. The largest absolute Gasteiger partial charge is 0.497 e. The second-order valence-corrected chi connectivity index (χ2v) is 6.06. The van der Waals surface area contributed by atoms with Crippen molar-refractivity contribution >= 4 is 5.91 Å². The number of carbonyl (C=O) groups is 1. The van der Waals surface area contributed by atoms with Crippen LogP contribution in [0.1, 0.15) is 40.4 Å². The molecule has 2 aromatic rings. The van der Waals surface area contributed by atoms with Gasteiger partial charge in [-0.05, 0) is 48.2 Å². The van der Waals surface area contributed by atoms with E-state index in [9.17, 15) is 4.79 Å². The standard InChI is InChI=1S/C20H23NO3/c1-23-14-15-5-7-17(8-6-15)20(22)21-13-3-4-19(21)16-9-11-18(24-2)12-10-16/h5-12,19H,3-4,13-14H2,1-2H3/t19-/m0/s1. The number of benzene rings is 2. The molecule has 0 spiro atoms. The first-order valence-electron chi connectivity index (χ1n) is 8.25. The minimum Gasteiger partial charge on any atom is -0.497 e. The minimum atomic E-state index is 0.0947. The molecule has 1 aliphatic heterocycles. The molecule has 0 bridgehead atoms. The normalized spacial score (nSPS) is 17.1. The van der Waals surface area contributed by atoms with E-state index in [4.69, 9.17) is 9.47 Å². The first-order chi connectivity index (χ1) is 11.7. The lowest BCUT2D eigenvalue weighted by molar-refractivity contribution is 0.0735. The molecule has 0 N–H and O–H groups in total. The van der Waals surface area contributed by atoms with Gasteiger partial charge in [-0.15, -0.1) is 0 Å². The Morgan fingerprint density at radius 1 is 1.08 bits per heavy atom. The van der Waals surface area contributed by atoms with Gasteiger partial charge >= 0.3 is 0 Å². The second kappa shape index (κ2) is 7.49. The minimum absolute atomic E-state index is 0.0947. The molecule has 24 heavy (non-hydrogen) atoms. The van der Waals surface area contributed by atoms with Crippen LogP contribution in [0.3, 0.4) is 0 Å². The molecular weight excluding hydrogens is 302 g/mol. The van der Waals surface area contributed by atoms with Gasteiger partial charge in [0.25, 0.3) is 5.91 Å². The van der Waals surface area contributed by atoms with Gasteiger partial charge in [0, 0.05) is 19.2 Å². The van der Waals surface area contributed by atoms with Gasteiger partial charge in [-0.2, -0.15) is 0 Å². The van der Waals surface area contributed by atoms with Crippen LogP contribution in [0.4, 0.5) is 0 Å². The van der Waals surface area contributed by atoms with Gasteiger partial charge in [0.1, 0.15) is 5.75 Å². The fourth-order valence-electron chi connectivity index (χ4n) is 3.26. The highest BCUT2D eigenvalue weighted by Gasteiger charge is 2.30. The Bertz CT molecular complexity index is 679. The third kappa shape index (κ3) is 3.44. The number of hydrogen-bond donors (Lipinski definition) is 0. The average molecular weight is 325 g/mol. The van der Waals surface area contributed by atoms with Crippen molar-refractivity contribution in [3.05, 3.63) is 65.2 Å². The SMILES string of the molecule is COCc1ccc(C(=O)N2CCC[C@H]2c2ccc(OC)cc2)cc1. The molecule has 1 fully saturated rings. The molecule has 0 unspecified atom stereocenters. The van der Waals surface area contributed by atoms with Crippen molar-refractivity contribution in [1.29, 1.82) is 0 Å². The lowest BCUT2D eigenvalue weighted by atomic mass is 10.0. The van der Waals surface area contributed by atoms with Crippen LogP contribution in [0, 0.1) is 0 Å². The number of likely N-dealkylation sites (tertiary alicyclic amines) is 1. The van der Waals surface area contributed by atoms with Crippen LogP contribution in [0.2, 0.25) is 0 Å². The van der Waals surface area contributed by atoms with E-state index >= 15 is 0 Å². The van der Waals surface area contributed by atoms with Gasteiger partial charge in [-0.25, -0.2) is 0 Å². The number of amides is 1. The van der Waals surface area contributed by atoms with E-state index < -0.39 is 0 Å². The summed E-state index contributed by atoms with van der Waals surface area (Å²) >= 11 is 0. The van der Waals surface area contributed by atoms with Crippen LogP contribution in [0.5, 0.6) is 5.75 Å². The molecule has 4 heteroatoms. The Morgan fingerprint density at radius 2 is 1.79 bits per heavy atom. The topological polar surface area (TPSA) is 38.8 Å². The average Bonchev–Trinajstić information content (AvgIpc) is 3.12. The van der Waals surface area contributed by atoms with E-state index in [0.29, 0.717) is 6.61 Å². The van der Waals surface area contributed by atoms with Crippen LogP contribution in [0.15, 0.2) is 48.5 Å². The van der Waals surface area contributed by atoms with Crippen LogP contribution in [-0.2, 0) is 11.3 Å². The van der Waals surface area contributed by atoms with Gasteiger partial charge < -0.3 is 14.4 Å². The van der Waals surface area contributed by atoms with Gasteiger partial charge in [0.15, 0.2) is 0 Å². The molecule has 0 saturated carbocycles. The predicted octanol–water partition coefficient (Wildman–Crippen LogP) is 3.82. The van der Waals surface area contributed by atoms with Crippen molar-refractivity contribution in [2.45, 2.75) is 25.5 Å². The summed E-state index contributed by atoms with van der Waals surface area (Å²) in [5.74, 6) is 0.931. The van der Waals surface area contributed by atoms with Crippen LogP contribution >= 0.6 is 0 Å². The molecule has 0 aliphatic carbocycles. The molecule has 126 valence electrons. The Kier molecular flexibility index (Phi) is 5.16. The Balaban J connectivity index is 1.77. The van der Waals surface area contributed by atoms with Crippen molar-refractivity contribution in [1.82, 2.24) is 4.90 Å². The van der Waals surface area contributed by atoms with Crippen molar-refractivity contribution in [2.24, 2.45) is 0 Å². The summed E-state index contributed by atoms with van der Waals surface area (Å²) in [5, 5.41) is 0. The van der Waals surface area contributed by atoms with Crippen LogP contribution < -0.4 is 4.74 Å². The lowest BCUT2D eigenvalue weighted by Gasteiger charge is -2.25. The van der Waals surface area contributed by atoms with Crippen molar-refractivity contribution in [2.75, 3.05) is 20.8 Å². The fourth-order valence-corrected chi connectivity index (χ4v) is 3.26. The van der Waals surface area contributed by atoms with E-state index in [0.717, 1.165) is 41.8 Å². The van der Waals surface area contributed by atoms with Crippen molar-refractivity contribution in [3.8, 4) is 5.75 Å².